The smallest absolute Gasteiger partial charge is 0.246 e. The Labute approximate surface area is 212 Å². The molecule has 0 aliphatic carbocycles. The molecule has 8 heteroatoms. The molecule has 0 saturated heterocycles. The second-order valence-electron chi connectivity index (χ2n) is 8.99. The van der Waals surface area contributed by atoms with E-state index in [0.717, 1.165) is 21.6 Å². The third-order valence-electron chi connectivity index (χ3n) is 5.56. The molecule has 0 fully saturated rings. The number of carbonyl (C=O) groups excluding carboxylic acids is 1. The molecule has 4 aromatic rings. The van der Waals surface area contributed by atoms with Gasteiger partial charge in [0.05, 0.1) is 15.4 Å². The fourth-order valence-corrected chi connectivity index (χ4v) is 6.28. The third-order valence-corrected chi connectivity index (χ3v) is 8.41. The van der Waals surface area contributed by atoms with Crippen molar-refractivity contribution in [3.63, 3.8) is 0 Å². The topological polar surface area (TPSA) is 71.1 Å². The van der Waals surface area contributed by atoms with E-state index in [1.807, 2.05) is 68.5 Å². The van der Waals surface area contributed by atoms with Gasteiger partial charge in [-0.1, -0.05) is 78.3 Å². The maximum Gasteiger partial charge on any atom is 0.246 e. The number of amides is 1. The zero-order valence-corrected chi connectivity index (χ0v) is 21.7. The summed E-state index contributed by atoms with van der Waals surface area (Å²) in [4.78, 5) is 19.6. The van der Waals surface area contributed by atoms with E-state index in [1.165, 1.54) is 16.9 Å². The first-order valence-electron chi connectivity index (χ1n) is 11.3. The van der Waals surface area contributed by atoms with Gasteiger partial charge in [0.2, 0.25) is 5.91 Å². The first-order valence-corrected chi connectivity index (χ1v) is 13.8. The van der Waals surface area contributed by atoms with Gasteiger partial charge >= 0.3 is 0 Å². The molecule has 0 bridgehead atoms. The Hall–Kier alpha value is -3.20. The number of hydrogen-bond acceptors (Lipinski definition) is 4. The molecule has 1 amide bonds. The molecule has 1 unspecified atom stereocenters. The summed E-state index contributed by atoms with van der Waals surface area (Å²) in [6.45, 7) is 3.38. The van der Waals surface area contributed by atoms with Crippen LogP contribution in [-0.4, -0.2) is 34.4 Å². The SMILES string of the molecule is Bc1ccc(S(=C)(=O)NC(C)(C)C(=O)Nc2nc(-c3ccccc3)c(Cc3ccccc3)s2)cc1. The summed E-state index contributed by atoms with van der Waals surface area (Å²) >= 11 is 1.45. The number of rotatable bonds is 8. The summed E-state index contributed by atoms with van der Waals surface area (Å²) in [6.07, 6.45) is 0.709. The lowest BCUT2D eigenvalue weighted by Crippen LogP contribution is -2.52. The highest BCUT2D eigenvalue weighted by atomic mass is 32.2. The molecular formula is C27H28BN3O2S2. The monoisotopic (exact) mass is 501 g/mol. The van der Waals surface area contributed by atoms with E-state index in [4.69, 9.17) is 4.98 Å². The summed E-state index contributed by atoms with van der Waals surface area (Å²) in [5, 5.41) is 3.43. The quantitative estimate of drug-likeness (QED) is 0.286. The van der Waals surface area contributed by atoms with Gasteiger partial charge in [0, 0.05) is 21.8 Å². The standard InChI is InChI=1S/C27H28BN3O2S2/c1-27(2,31-35(3,33)22-16-14-21(28)15-17-22)25(32)30-26-29-24(20-12-8-5-9-13-20)23(34-26)18-19-10-6-4-7-11-19/h4-17H,3,18,28H2,1-2H3,(H,31,33)(H,29,30,32). The van der Waals surface area contributed by atoms with Crippen LogP contribution in [0.15, 0.2) is 89.8 Å². The molecule has 4 rings (SSSR count). The Morgan fingerprint density at radius 1 is 1.00 bits per heavy atom. The third kappa shape index (κ3) is 6.09. The van der Waals surface area contributed by atoms with Crippen LogP contribution in [-0.2, 0) is 20.9 Å². The Bertz CT molecular complexity index is 1420. The number of anilines is 1. The van der Waals surface area contributed by atoms with Crippen LogP contribution in [0.1, 0.15) is 24.3 Å². The van der Waals surface area contributed by atoms with Crippen molar-refractivity contribution in [1.29, 1.82) is 0 Å². The number of nitrogens with zero attached hydrogens (tertiary/aromatic N) is 1. The second kappa shape index (κ2) is 10.2. The van der Waals surface area contributed by atoms with Gasteiger partial charge in [-0.3, -0.25) is 4.79 Å². The lowest BCUT2D eigenvalue weighted by Gasteiger charge is -2.27. The fraction of sp³-hybridized carbons (Fsp3) is 0.148. The van der Waals surface area contributed by atoms with Crippen LogP contribution in [0.3, 0.4) is 0 Å². The molecule has 1 heterocycles. The molecule has 0 aliphatic rings. The first-order chi connectivity index (χ1) is 16.6. The molecule has 5 nitrogen and oxygen atoms in total. The predicted octanol–water partition coefficient (Wildman–Crippen LogP) is 3.66. The highest BCUT2D eigenvalue weighted by Crippen LogP contribution is 2.33. The van der Waals surface area contributed by atoms with Gasteiger partial charge in [-0.15, -0.1) is 11.3 Å². The average Bonchev–Trinajstić information content (AvgIpc) is 3.22. The zero-order chi connectivity index (χ0) is 25.1. The van der Waals surface area contributed by atoms with Gasteiger partial charge < -0.3 is 5.32 Å². The Morgan fingerprint density at radius 3 is 2.23 bits per heavy atom. The largest absolute Gasteiger partial charge is 0.300 e. The van der Waals surface area contributed by atoms with Crippen LogP contribution in [0.5, 0.6) is 0 Å². The van der Waals surface area contributed by atoms with Crippen molar-refractivity contribution < 1.29 is 9.00 Å². The number of benzene rings is 3. The van der Waals surface area contributed by atoms with Crippen molar-refractivity contribution in [3.05, 3.63) is 95.4 Å². The summed E-state index contributed by atoms with van der Waals surface area (Å²) in [6, 6.07) is 27.4. The molecule has 178 valence electrons. The molecule has 0 aliphatic heterocycles. The number of thiazole rings is 1. The van der Waals surface area contributed by atoms with Gasteiger partial charge in [-0.05, 0) is 37.4 Å². The average molecular weight is 501 g/mol. The number of nitrogens with one attached hydrogen (secondary N) is 2. The van der Waals surface area contributed by atoms with Crippen LogP contribution in [0.25, 0.3) is 11.3 Å². The van der Waals surface area contributed by atoms with Gasteiger partial charge in [0.15, 0.2) is 5.13 Å². The maximum absolute atomic E-state index is 13.3. The summed E-state index contributed by atoms with van der Waals surface area (Å²) < 4.78 is 16.3. The second-order valence-corrected chi connectivity index (χ2v) is 12.1. The van der Waals surface area contributed by atoms with E-state index in [1.54, 1.807) is 26.0 Å². The van der Waals surface area contributed by atoms with Gasteiger partial charge in [-0.2, -0.15) is 0 Å². The zero-order valence-electron chi connectivity index (χ0n) is 20.1. The maximum atomic E-state index is 13.3. The Kier molecular flexibility index (Phi) is 7.26. The lowest BCUT2D eigenvalue weighted by atomic mass is 9.97. The van der Waals surface area contributed by atoms with Crippen LogP contribution < -0.4 is 15.5 Å². The van der Waals surface area contributed by atoms with Crippen molar-refractivity contribution in [2.75, 3.05) is 5.32 Å². The van der Waals surface area contributed by atoms with Gasteiger partial charge in [0.25, 0.3) is 0 Å². The predicted molar refractivity (Wildman–Crippen MR) is 151 cm³/mol. The van der Waals surface area contributed by atoms with E-state index >= 15 is 0 Å². The van der Waals surface area contributed by atoms with Crippen molar-refractivity contribution in [1.82, 2.24) is 9.71 Å². The molecule has 3 aromatic carbocycles. The van der Waals surface area contributed by atoms with Crippen LogP contribution in [0, 0.1) is 0 Å². The van der Waals surface area contributed by atoms with Crippen molar-refractivity contribution in [3.8, 4) is 11.3 Å². The minimum atomic E-state index is -2.89. The molecule has 35 heavy (non-hydrogen) atoms. The molecular weight excluding hydrogens is 473 g/mol. The molecule has 0 radical (unpaired) electrons. The molecule has 1 atom stereocenters. The Morgan fingerprint density at radius 2 is 1.60 bits per heavy atom. The molecule has 0 spiro atoms. The van der Waals surface area contributed by atoms with Crippen LogP contribution in [0.2, 0.25) is 0 Å². The minimum absolute atomic E-state index is 0.333. The van der Waals surface area contributed by atoms with E-state index in [0.29, 0.717) is 16.4 Å². The Balaban J connectivity index is 1.58. The first kappa shape index (κ1) is 24.9. The highest BCUT2D eigenvalue weighted by Gasteiger charge is 2.32. The van der Waals surface area contributed by atoms with Crippen molar-refractivity contribution in [2.45, 2.75) is 30.7 Å². The number of aromatic nitrogens is 1. The normalized spacial score (nSPS) is 13.2. The lowest BCUT2D eigenvalue weighted by molar-refractivity contribution is -0.120. The summed E-state index contributed by atoms with van der Waals surface area (Å²) in [5.41, 5.74) is 2.92. The summed E-state index contributed by atoms with van der Waals surface area (Å²) in [7, 11) is -0.925. The van der Waals surface area contributed by atoms with Crippen molar-refractivity contribution >= 4 is 51.3 Å². The van der Waals surface area contributed by atoms with Gasteiger partial charge in [-0.25, -0.2) is 13.9 Å². The van der Waals surface area contributed by atoms with Crippen molar-refractivity contribution in [2.24, 2.45) is 0 Å². The minimum Gasteiger partial charge on any atom is -0.300 e. The number of hydrogen-bond donors (Lipinski definition) is 2. The highest BCUT2D eigenvalue weighted by molar-refractivity contribution is 7.98. The van der Waals surface area contributed by atoms with Crippen LogP contribution in [0.4, 0.5) is 5.13 Å². The molecule has 1 aromatic heterocycles. The van der Waals surface area contributed by atoms with E-state index in [-0.39, 0.29) is 5.91 Å². The number of carbonyl (C=O) groups is 1. The van der Waals surface area contributed by atoms with E-state index < -0.39 is 15.2 Å². The molecule has 0 saturated carbocycles. The summed E-state index contributed by atoms with van der Waals surface area (Å²) in [5.74, 6) is 3.54. The van der Waals surface area contributed by atoms with E-state index in [2.05, 4.69) is 28.0 Å². The fourth-order valence-electron chi connectivity index (χ4n) is 3.66. The van der Waals surface area contributed by atoms with E-state index in [9.17, 15) is 9.00 Å². The van der Waals surface area contributed by atoms with Crippen LogP contribution >= 0.6 is 11.3 Å². The van der Waals surface area contributed by atoms with Gasteiger partial charge in [0.1, 0.15) is 13.4 Å². The molecule has 2 N–H and O–H groups in total.